The maximum absolute atomic E-state index is 13.1. The lowest BCUT2D eigenvalue weighted by molar-refractivity contribution is 0.0975. The molecule has 0 saturated carbocycles. The molecule has 0 aliphatic carbocycles. The van der Waals surface area contributed by atoms with Crippen molar-refractivity contribution in [1.29, 1.82) is 0 Å². The van der Waals surface area contributed by atoms with E-state index in [0.717, 1.165) is 17.8 Å². The maximum Gasteiger partial charge on any atom is 0.281 e. The number of carbonyl (C=O) groups is 1. The predicted molar refractivity (Wildman–Crippen MR) is 92.5 cm³/mol. The molecule has 24 heavy (non-hydrogen) atoms. The van der Waals surface area contributed by atoms with Crippen LogP contribution in [0, 0.1) is 6.92 Å². The number of para-hydroxylation sites is 2. The van der Waals surface area contributed by atoms with E-state index in [1.165, 1.54) is 10.4 Å². The summed E-state index contributed by atoms with van der Waals surface area (Å²) >= 11 is 0. The number of nitrogens with zero attached hydrogens (tertiary/aromatic N) is 4. The highest BCUT2D eigenvalue weighted by molar-refractivity contribution is 6.07. The first-order chi connectivity index (χ1) is 11.6. The second-order valence-corrected chi connectivity index (χ2v) is 6.12. The third kappa shape index (κ3) is 2.29. The van der Waals surface area contributed by atoms with Crippen molar-refractivity contribution >= 4 is 11.6 Å². The van der Waals surface area contributed by atoms with Gasteiger partial charge in [0, 0.05) is 11.7 Å². The first-order valence-electron chi connectivity index (χ1n) is 8.06. The molecule has 1 amide bonds. The van der Waals surface area contributed by atoms with E-state index in [-0.39, 0.29) is 11.9 Å². The first-order valence-corrected chi connectivity index (χ1v) is 8.06. The largest absolute Gasteiger partial charge is 0.304 e. The zero-order valence-corrected chi connectivity index (χ0v) is 13.7. The molecule has 0 bridgehead atoms. The summed E-state index contributed by atoms with van der Waals surface area (Å²) in [5, 5.41) is 8.86. The molecule has 0 fully saturated rings. The van der Waals surface area contributed by atoms with Gasteiger partial charge < -0.3 is 4.90 Å². The molecule has 3 aromatic rings. The Morgan fingerprint density at radius 2 is 1.75 bits per heavy atom. The van der Waals surface area contributed by atoms with E-state index in [1.807, 2.05) is 60.4 Å². The van der Waals surface area contributed by atoms with Crippen LogP contribution in [0.5, 0.6) is 0 Å². The number of aromatic nitrogens is 3. The summed E-state index contributed by atoms with van der Waals surface area (Å²) in [7, 11) is 0. The summed E-state index contributed by atoms with van der Waals surface area (Å²) in [4.78, 5) is 16.5. The number of rotatable bonds is 2. The van der Waals surface area contributed by atoms with Crippen LogP contribution in [-0.2, 0) is 6.42 Å². The second kappa shape index (κ2) is 5.60. The number of fused-ring (bicyclic) bond motifs is 1. The van der Waals surface area contributed by atoms with Crippen LogP contribution in [0.1, 0.15) is 28.7 Å². The highest BCUT2D eigenvalue weighted by Gasteiger charge is 2.33. The minimum atomic E-state index is -0.0906. The summed E-state index contributed by atoms with van der Waals surface area (Å²) in [5.74, 6) is -0.0906. The van der Waals surface area contributed by atoms with Crippen molar-refractivity contribution in [3.63, 3.8) is 0 Å². The van der Waals surface area contributed by atoms with Gasteiger partial charge in [-0.15, -0.1) is 5.10 Å². The molecule has 1 atom stereocenters. The van der Waals surface area contributed by atoms with Gasteiger partial charge in [-0.25, -0.2) is 0 Å². The SMILES string of the molecule is Cc1nn(-c2ccccc2)nc1C(=O)N1c2ccccc2C[C@H]1C. The number of aryl methyl sites for hydroxylation is 1. The van der Waals surface area contributed by atoms with Gasteiger partial charge in [-0.1, -0.05) is 36.4 Å². The standard InChI is InChI=1S/C19H18N4O/c1-13-12-15-8-6-7-11-17(15)22(13)19(24)18-14(2)20-23(21-18)16-9-4-3-5-10-16/h3-11,13H,12H2,1-2H3/t13-/m1/s1. The van der Waals surface area contributed by atoms with Crippen molar-refractivity contribution in [3.8, 4) is 5.69 Å². The molecule has 0 spiro atoms. The van der Waals surface area contributed by atoms with E-state index in [0.29, 0.717) is 11.4 Å². The van der Waals surface area contributed by atoms with E-state index < -0.39 is 0 Å². The number of hydrogen-bond donors (Lipinski definition) is 0. The van der Waals surface area contributed by atoms with Gasteiger partial charge in [-0.2, -0.15) is 9.90 Å². The monoisotopic (exact) mass is 318 g/mol. The summed E-state index contributed by atoms with van der Waals surface area (Å²) < 4.78 is 0. The molecule has 120 valence electrons. The van der Waals surface area contributed by atoms with Gasteiger partial charge in [0.2, 0.25) is 0 Å². The van der Waals surface area contributed by atoms with Crippen LogP contribution < -0.4 is 4.90 Å². The van der Waals surface area contributed by atoms with Gasteiger partial charge in [-0.05, 0) is 44.0 Å². The van der Waals surface area contributed by atoms with Crippen LogP contribution in [0.15, 0.2) is 54.6 Å². The summed E-state index contributed by atoms with van der Waals surface area (Å²) in [6.45, 7) is 3.89. The molecule has 0 saturated heterocycles. The topological polar surface area (TPSA) is 51.0 Å². The Labute approximate surface area is 140 Å². The molecular weight excluding hydrogens is 300 g/mol. The fourth-order valence-corrected chi connectivity index (χ4v) is 3.24. The van der Waals surface area contributed by atoms with Gasteiger partial charge >= 0.3 is 0 Å². The van der Waals surface area contributed by atoms with Gasteiger partial charge in [0.1, 0.15) is 0 Å². The van der Waals surface area contributed by atoms with Crippen molar-refractivity contribution in [1.82, 2.24) is 15.0 Å². The van der Waals surface area contributed by atoms with Gasteiger partial charge in [0.05, 0.1) is 11.4 Å². The van der Waals surface area contributed by atoms with Crippen LogP contribution in [-0.4, -0.2) is 26.9 Å². The first kappa shape index (κ1) is 14.6. The van der Waals surface area contributed by atoms with Crippen molar-refractivity contribution in [2.45, 2.75) is 26.3 Å². The van der Waals surface area contributed by atoms with E-state index in [9.17, 15) is 4.79 Å². The van der Waals surface area contributed by atoms with Crippen LogP contribution >= 0.6 is 0 Å². The Morgan fingerprint density at radius 1 is 1.04 bits per heavy atom. The Bertz CT molecular complexity index is 901. The highest BCUT2D eigenvalue weighted by atomic mass is 16.2. The van der Waals surface area contributed by atoms with Crippen LogP contribution in [0.2, 0.25) is 0 Å². The third-order valence-electron chi connectivity index (χ3n) is 4.40. The fourth-order valence-electron chi connectivity index (χ4n) is 3.24. The number of benzene rings is 2. The molecule has 0 N–H and O–H groups in total. The summed E-state index contributed by atoms with van der Waals surface area (Å²) in [6, 6.07) is 17.8. The zero-order valence-electron chi connectivity index (χ0n) is 13.7. The lowest BCUT2D eigenvalue weighted by atomic mass is 10.1. The molecule has 0 unspecified atom stereocenters. The zero-order chi connectivity index (χ0) is 16.7. The van der Waals surface area contributed by atoms with Crippen molar-refractivity contribution in [3.05, 3.63) is 71.5 Å². The summed E-state index contributed by atoms with van der Waals surface area (Å²) in [6.07, 6.45) is 0.869. The smallest absolute Gasteiger partial charge is 0.281 e. The normalized spacial score (nSPS) is 16.2. The second-order valence-electron chi connectivity index (χ2n) is 6.12. The lowest BCUT2D eigenvalue weighted by Crippen LogP contribution is -2.36. The average Bonchev–Trinajstić information content (AvgIpc) is 3.14. The van der Waals surface area contributed by atoms with Gasteiger partial charge in [0.25, 0.3) is 5.91 Å². The number of hydrogen-bond acceptors (Lipinski definition) is 3. The number of amides is 1. The van der Waals surface area contributed by atoms with Crippen LogP contribution in [0.25, 0.3) is 5.69 Å². The molecule has 2 heterocycles. The minimum absolute atomic E-state index is 0.0906. The molecule has 1 aliphatic heterocycles. The quantitative estimate of drug-likeness (QED) is 0.729. The van der Waals surface area contributed by atoms with E-state index in [2.05, 4.69) is 23.2 Å². The van der Waals surface area contributed by atoms with E-state index >= 15 is 0 Å². The van der Waals surface area contributed by atoms with Gasteiger partial charge in [-0.3, -0.25) is 4.79 Å². The molecule has 4 rings (SSSR count). The molecule has 1 aromatic heterocycles. The fraction of sp³-hybridized carbons (Fsp3) is 0.211. The van der Waals surface area contributed by atoms with E-state index in [4.69, 9.17) is 0 Å². The Kier molecular flexibility index (Phi) is 3.41. The van der Waals surface area contributed by atoms with Gasteiger partial charge in [0.15, 0.2) is 5.69 Å². The van der Waals surface area contributed by atoms with E-state index in [1.54, 1.807) is 0 Å². The molecule has 2 aromatic carbocycles. The molecule has 5 heteroatoms. The van der Waals surface area contributed by atoms with Crippen LogP contribution in [0.4, 0.5) is 5.69 Å². The van der Waals surface area contributed by atoms with Crippen molar-refractivity contribution < 1.29 is 4.79 Å². The Hall–Kier alpha value is -2.95. The average molecular weight is 318 g/mol. The summed E-state index contributed by atoms with van der Waals surface area (Å²) in [5.41, 5.74) is 4.06. The Morgan fingerprint density at radius 3 is 2.54 bits per heavy atom. The molecule has 0 radical (unpaired) electrons. The number of anilines is 1. The predicted octanol–water partition coefficient (Wildman–Crippen LogP) is 3.17. The van der Waals surface area contributed by atoms with Crippen molar-refractivity contribution in [2.75, 3.05) is 4.90 Å². The lowest BCUT2D eigenvalue weighted by Gasteiger charge is -2.21. The molecule has 1 aliphatic rings. The number of carbonyl (C=O) groups excluding carboxylic acids is 1. The molecular formula is C19H18N4O. The third-order valence-corrected chi connectivity index (χ3v) is 4.40. The van der Waals surface area contributed by atoms with Crippen molar-refractivity contribution in [2.24, 2.45) is 0 Å². The van der Waals surface area contributed by atoms with Crippen LogP contribution in [0.3, 0.4) is 0 Å². The maximum atomic E-state index is 13.1. The Balaban J connectivity index is 1.72. The molecule has 5 nitrogen and oxygen atoms in total. The highest BCUT2D eigenvalue weighted by Crippen LogP contribution is 2.33. The minimum Gasteiger partial charge on any atom is -0.304 e.